The first-order chi connectivity index (χ1) is 4.67. The Bertz CT molecular complexity index is 185. The average molecular weight is 153 g/mol. The van der Waals surface area contributed by atoms with E-state index in [-0.39, 0.29) is 0 Å². The summed E-state index contributed by atoms with van der Waals surface area (Å²) in [5.41, 5.74) is 0.352. The summed E-state index contributed by atoms with van der Waals surface area (Å²) >= 11 is 1.73. The van der Waals surface area contributed by atoms with Crippen molar-refractivity contribution in [3.8, 4) is 0 Å². The SMILES string of the molecule is CCC(C)(C)c1cc[c]s1. The van der Waals surface area contributed by atoms with Crippen molar-refractivity contribution in [3.05, 3.63) is 22.4 Å². The van der Waals surface area contributed by atoms with E-state index in [1.807, 2.05) is 6.07 Å². The highest BCUT2D eigenvalue weighted by molar-refractivity contribution is 7.09. The first-order valence-corrected chi connectivity index (χ1v) is 4.45. The minimum atomic E-state index is 0.352. The zero-order valence-electron chi connectivity index (χ0n) is 6.77. The van der Waals surface area contributed by atoms with Gasteiger partial charge in [0.2, 0.25) is 0 Å². The number of hydrogen-bond acceptors (Lipinski definition) is 1. The summed E-state index contributed by atoms with van der Waals surface area (Å²) in [4.78, 5) is 1.44. The molecule has 0 atom stereocenters. The molecule has 0 aliphatic carbocycles. The molecule has 0 spiro atoms. The van der Waals surface area contributed by atoms with Crippen LogP contribution in [0, 0.1) is 5.38 Å². The second kappa shape index (κ2) is 2.75. The number of hydrogen-bond donors (Lipinski definition) is 0. The van der Waals surface area contributed by atoms with Gasteiger partial charge in [-0.15, -0.1) is 11.3 Å². The van der Waals surface area contributed by atoms with Gasteiger partial charge in [-0.3, -0.25) is 0 Å². The molecule has 1 aromatic rings. The van der Waals surface area contributed by atoms with Gasteiger partial charge in [0.1, 0.15) is 0 Å². The van der Waals surface area contributed by atoms with Gasteiger partial charge in [-0.1, -0.05) is 20.8 Å². The van der Waals surface area contributed by atoms with Gasteiger partial charge in [0.05, 0.1) is 0 Å². The van der Waals surface area contributed by atoms with Gasteiger partial charge in [-0.05, 0) is 24.0 Å². The summed E-state index contributed by atoms with van der Waals surface area (Å²) < 4.78 is 0. The van der Waals surface area contributed by atoms with E-state index >= 15 is 0 Å². The lowest BCUT2D eigenvalue weighted by molar-refractivity contribution is 0.517. The summed E-state index contributed by atoms with van der Waals surface area (Å²) in [7, 11) is 0. The monoisotopic (exact) mass is 153 g/mol. The Kier molecular flexibility index (Phi) is 2.14. The summed E-state index contributed by atoms with van der Waals surface area (Å²) in [6.07, 6.45) is 1.20. The lowest BCUT2D eigenvalue weighted by atomic mass is 9.89. The third kappa shape index (κ3) is 1.40. The second-order valence-corrected chi connectivity index (χ2v) is 4.03. The summed E-state index contributed by atoms with van der Waals surface area (Å²) in [6, 6.07) is 4.16. The lowest BCUT2D eigenvalue weighted by Gasteiger charge is -2.20. The molecule has 0 nitrogen and oxygen atoms in total. The maximum atomic E-state index is 3.11. The van der Waals surface area contributed by atoms with Gasteiger partial charge in [0.15, 0.2) is 0 Å². The second-order valence-electron chi connectivity index (χ2n) is 3.15. The third-order valence-electron chi connectivity index (χ3n) is 2.02. The summed E-state index contributed by atoms with van der Waals surface area (Å²) in [5, 5.41) is 3.11. The Hall–Kier alpha value is -0.300. The standard InChI is InChI=1S/C9H13S/c1-4-9(2,3)8-6-5-7-10-8/h5-6H,4H2,1-3H3. The van der Waals surface area contributed by atoms with E-state index in [1.165, 1.54) is 11.3 Å². The van der Waals surface area contributed by atoms with Crippen LogP contribution in [0.4, 0.5) is 0 Å². The van der Waals surface area contributed by atoms with Crippen LogP contribution in [0.25, 0.3) is 0 Å². The average Bonchev–Trinajstić information content (AvgIpc) is 2.38. The van der Waals surface area contributed by atoms with Gasteiger partial charge >= 0.3 is 0 Å². The maximum absolute atomic E-state index is 3.11. The minimum absolute atomic E-state index is 0.352. The van der Waals surface area contributed by atoms with Crippen molar-refractivity contribution in [2.75, 3.05) is 0 Å². The molecule has 0 amide bonds. The molecule has 0 aliphatic rings. The summed E-state index contributed by atoms with van der Waals surface area (Å²) in [5.74, 6) is 0. The first kappa shape index (κ1) is 7.80. The molecule has 0 saturated carbocycles. The molecular formula is C9H13S. The van der Waals surface area contributed by atoms with Crippen molar-refractivity contribution in [1.82, 2.24) is 0 Å². The van der Waals surface area contributed by atoms with E-state index in [9.17, 15) is 0 Å². The van der Waals surface area contributed by atoms with Gasteiger partial charge < -0.3 is 0 Å². The topological polar surface area (TPSA) is 0 Å². The number of rotatable bonds is 2. The molecule has 1 aromatic heterocycles. The quantitative estimate of drug-likeness (QED) is 0.612. The highest BCUT2D eigenvalue weighted by Crippen LogP contribution is 2.29. The van der Waals surface area contributed by atoms with Gasteiger partial charge in [0.25, 0.3) is 0 Å². The molecular weight excluding hydrogens is 140 g/mol. The summed E-state index contributed by atoms with van der Waals surface area (Å²) in [6.45, 7) is 6.76. The number of thiophene rings is 1. The van der Waals surface area contributed by atoms with Crippen LogP contribution in [0.5, 0.6) is 0 Å². The van der Waals surface area contributed by atoms with Crippen LogP contribution in [0.15, 0.2) is 12.1 Å². The van der Waals surface area contributed by atoms with Crippen molar-refractivity contribution < 1.29 is 0 Å². The van der Waals surface area contributed by atoms with Crippen molar-refractivity contribution in [3.63, 3.8) is 0 Å². The van der Waals surface area contributed by atoms with Crippen LogP contribution in [-0.4, -0.2) is 0 Å². The normalized spacial score (nSPS) is 11.9. The molecule has 0 fully saturated rings. The Morgan fingerprint density at radius 2 is 2.30 bits per heavy atom. The Balaban J connectivity index is 2.85. The van der Waals surface area contributed by atoms with Crippen molar-refractivity contribution >= 4 is 11.3 Å². The fourth-order valence-electron chi connectivity index (χ4n) is 0.779. The van der Waals surface area contributed by atoms with Gasteiger partial charge in [-0.25, -0.2) is 0 Å². The Morgan fingerprint density at radius 1 is 1.60 bits per heavy atom. The van der Waals surface area contributed by atoms with Crippen LogP contribution < -0.4 is 0 Å². The first-order valence-electron chi connectivity index (χ1n) is 3.63. The third-order valence-corrected chi connectivity index (χ3v) is 3.19. The predicted molar refractivity (Wildman–Crippen MR) is 46.5 cm³/mol. The van der Waals surface area contributed by atoms with Crippen LogP contribution in [-0.2, 0) is 5.41 Å². The van der Waals surface area contributed by atoms with Crippen molar-refractivity contribution in [2.24, 2.45) is 0 Å². The van der Waals surface area contributed by atoms with Crippen LogP contribution in [0.2, 0.25) is 0 Å². The predicted octanol–water partition coefficient (Wildman–Crippen LogP) is 3.24. The molecule has 55 valence electrons. The Labute approximate surface area is 66.9 Å². The van der Waals surface area contributed by atoms with Crippen LogP contribution >= 0.6 is 11.3 Å². The van der Waals surface area contributed by atoms with Crippen LogP contribution in [0.1, 0.15) is 32.1 Å². The fraction of sp³-hybridized carbons (Fsp3) is 0.556. The molecule has 1 rings (SSSR count). The zero-order valence-corrected chi connectivity index (χ0v) is 7.59. The highest BCUT2D eigenvalue weighted by Gasteiger charge is 2.18. The molecule has 1 heteroatoms. The highest BCUT2D eigenvalue weighted by atomic mass is 32.1. The Morgan fingerprint density at radius 3 is 2.70 bits per heavy atom. The molecule has 1 radical (unpaired) electrons. The molecule has 0 aliphatic heterocycles. The van der Waals surface area contributed by atoms with E-state index in [0.717, 1.165) is 0 Å². The molecule has 0 N–H and O–H groups in total. The van der Waals surface area contributed by atoms with Crippen LogP contribution in [0.3, 0.4) is 0 Å². The van der Waals surface area contributed by atoms with E-state index in [0.29, 0.717) is 5.41 Å². The van der Waals surface area contributed by atoms with E-state index in [2.05, 4.69) is 32.2 Å². The molecule has 0 unspecified atom stereocenters. The zero-order chi connectivity index (χ0) is 7.61. The minimum Gasteiger partial charge on any atom is -0.139 e. The molecule has 0 bridgehead atoms. The lowest BCUT2D eigenvalue weighted by Crippen LogP contribution is -2.12. The van der Waals surface area contributed by atoms with Gasteiger partial charge in [0, 0.05) is 10.3 Å². The molecule has 10 heavy (non-hydrogen) atoms. The van der Waals surface area contributed by atoms with E-state index in [4.69, 9.17) is 0 Å². The largest absolute Gasteiger partial charge is 0.139 e. The molecule has 0 saturated heterocycles. The molecule has 1 heterocycles. The van der Waals surface area contributed by atoms with Crippen molar-refractivity contribution in [2.45, 2.75) is 32.6 Å². The smallest absolute Gasteiger partial charge is 0.0445 e. The molecule has 0 aromatic carbocycles. The van der Waals surface area contributed by atoms with E-state index < -0.39 is 0 Å². The van der Waals surface area contributed by atoms with E-state index in [1.54, 1.807) is 11.3 Å². The maximum Gasteiger partial charge on any atom is 0.0445 e. The van der Waals surface area contributed by atoms with Crippen molar-refractivity contribution in [1.29, 1.82) is 0 Å². The fourth-order valence-corrected chi connectivity index (χ4v) is 1.60. The van der Waals surface area contributed by atoms with Gasteiger partial charge in [-0.2, -0.15) is 0 Å².